The van der Waals surface area contributed by atoms with Crippen LogP contribution in [0.4, 0.5) is 23.7 Å². The molecule has 35 heavy (non-hydrogen) atoms. The molecule has 2 N–H and O–H groups in total. The van der Waals surface area contributed by atoms with E-state index in [1.807, 2.05) is 29.6 Å². The molecule has 8 nitrogen and oxygen atoms in total. The number of rotatable bonds is 5. The minimum atomic E-state index is -5.05. The lowest BCUT2D eigenvalue weighted by Crippen LogP contribution is -2.67. The van der Waals surface area contributed by atoms with Crippen LogP contribution >= 0.6 is 0 Å². The van der Waals surface area contributed by atoms with E-state index in [4.69, 9.17) is 4.74 Å². The molecule has 2 saturated heterocycles. The van der Waals surface area contributed by atoms with Crippen LogP contribution in [0.15, 0.2) is 60.7 Å². The summed E-state index contributed by atoms with van der Waals surface area (Å²) in [4.78, 5) is 40.0. The van der Waals surface area contributed by atoms with Crippen LogP contribution in [0, 0.1) is 5.92 Å². The number of alkyl halides is 3. The van der Waals surface area contributed by atoms with Crippen molar-refractivity contribution in [1.29, 1.82) is 0 Å². The predicted molar refractivity (Wildman–Crippen MR) is 120 cm³/mol. The van der Waals surface area contributed by atoms with Gasteiger partial charge in [0.15, 0.2) is 0 Å². The lowest BCUT2D eigenvalue weighted by molar-refractivity contribution is -0.174. The first-order valence-electron chi connectivity index (χ1n) is 11.1. The maximum absolute atomic E-state index is 12.9. The highest BCUT2D eigenvalue weighted by molar-refractivity contribution is 5.87. The van der Waals surface area contributed by atoms with E-state index < -0.39 is 36.3 Å². The lowest BCUT2D eigenvalue weighted by atomic mass is 9.84. The second-order valence-corrected chi connectivity index (χ2v) is 8.54. The second-order valence-electron chi connectivity index (χ2n) is 8.54. The van der Waals surface area contributed by atoms with E-state index in [1.165, 1.54) is 4.90 Å². The summed E-state index contributed by atoms with van der Waals surface area (Å²) in [7, 11) is 0. The molecule has 2 aliphatic heterocycles. The number of piperidine rings is 1. The first kappa shape index (κ1) is 24.4. The number of likely N-dealkylation sites (tertiary alicyclic amines) is 1. The Bertz CT molecular complexity index is 1070. The van der Waals surface area contributed by atoms with Crippen molar-refractivity contribution < 1.29 is 32.3 Å². The molecule has 3 amide bonds. The van der Waals surface area contributed by atoms with Gasteiger partial charge in [-0.1, -0.05) is 48.5 Å². The fraction of sp³-hybridized carbons (Fsp3) is 0.375. The SMILES string of the molecule is O=C1CN(c2ccccc2)C2(CCN(C(=O)OCc3ccccc3)CC2CNC(=O)C(F)(F)F)N1. The van der Waals surface area contributed by atoms with Crippen LogP contribution in [0.1, 0.15) is 12.0 Å². The van der Waals surface area contributed by atoms with Crippen LogP contribution in [0.3, 0.4) is 0 Å². The number of carbonyl (C=O) groups is 3. The van der Waals surface area contributed by atoms with Crippen LogP contribution in [0.2, 0.25) is 0 Å². The van der Waals surface area contributed by atoms with Gasteiger partial charge in [-0.25, -0.2) is 4.79 Å². The zero-order valence-corrected chi connectivity index (χ0v) is 18.8. The summed E-state index contributed by atoms with van der Waals surface area (Å²) >= 11 is 0. The van der Waals surface area contributed by atoms with Crippen molar-refractivity contribution in [2.45, 2.75) is 24.9 Å². The molecule has 186 valence electrons. The monoisotopic (exact) mass is 490 g/mol. The van der Waals surface area contributed by atoms with Gasteiger partial charge in [0, 0.05) is 37.7 Å². The molecule has 0 aliphatic carbocycles. The molecule has 2 atom stereocenters. The van der Waals surface area contributed by atoms with Gasteiger partial charge in [-0.05, 0) is 17.7 Å². The highest BCUT2D eigenvalue weighted by Crippen LogP contribution is 2.38. The Kier molecular flexibility index (Phi) is 6.86. The van der Waals surface area contributed by atoms with Crippen molar-refractivity contribution in [1.82, 2.24) is 15.5 Å². The average molecular weight is 490 g/mol. The third-order valence-corrected chi connectivity index (χ3v) is 6.32. The molecule has 0 aromatic heterocycles. The van der Waals surface area contributed by atoms with Crippen LogP contribution in [-0.4, -0.2) is 60.8 Å². The number of hydrogen-bond acceptors (Lipinski definition) is 5. The van der Waals surface area contributed by atoms with Gasteiger partial charge in [0.25, 0.3) is 0 Å². The molecule has 11 heteroatoms. The Labute approximate surface area is 200 Å². The van der Waals surface area contributed by atoms with Crippen molar-refractivity contribution in [2.75, 3.05) is 31.1 Å². The fourth-order valence-electron chi connectivity index (χ4n) is 4.63. The maximum atomic E-state index is 12.9. The van der Waals surface area contributed by atoms with Gasteiger partial charge in [0.05, 0.1) is 6.54 Å². The fourth-order valence-corrected chi connectivity index (χ4v) is 4.63. The van der Waals surface area contributed by atoms with Crippen molar-refractivity contribution >= 4 is 23.6 Å². The normalized spacial score (nSPS) is 22.1. The highest BCUT2D eigenvalue weighted by Gasteiger charge is 2.54. The molecule has 0 radical (unpaired) electrons. The van der Waals surface area contributed by atoms with E-state index in [0.29, 0.717) is 5.69 Å². The topological polar surface area (TPSA) is 91.0 Å². The molecule has 2 heterocycles. The summed E-state index contributed by atoms with van der Waals surface area (Å²) in [6.07, 6.45) is -5.43. The van der Waals surface area contributed by atoms with Crippen molar-refractivity contribution in [3.8, 4) is 0 Å². The van der Waals surface area contributed by atoms with Gasteiger partial charge in [-0.2, -0.15) is 13.2 Å². The smallest absolute Gasteiger partial charge is 0.445 e. The summed E-state index contributed by atoms with van der Waals surface area (Å²) in [5, 5.41) is 4.85. The number of nitrogens with one attached hydrogen (secondary N) is 2. The Balaban J connectivity index is 1.55. The van der Waals surface area contributed by atoms with Gasteiger partial charge in [0.1, 0.15) is 12.3 Å². The Morgan fingerprint density at radius 3 is 2.40 bits per heavy atom. The number of carbonyl (C=O) groups excluding carboxylic acids is 3. The quantitative estimate of drug-likeness (QED) is 0.673. The molecule has 2 unspecified atom stereocenters. The number of anilines is 1. The molecule has 2 fully saturated rings. The van der Waals surface area contributed by atoms with E-state index in [2.05, 4.69) is 5.32 Å². The molecule has 1 spiro atoms. The summed E-state index contributed by atoms with van der Waals surface area (Å²) in [5.41, 5.74) is 0.424. The largest absolute Gasteiger partial charge is 0.471 e. The number of para-hydroxylation sites is 1. The summed E-state index contributed by atoms with van der Waals surface area (Å²) in [5.74, 6) is -3.11. The summed E-state index contributed by atoms with van der Waals surface area (Å²) in [6, 6.07) is 18.1. The molecule has 2 aliphatic rings. The Hall–Kier alpha value is -3.76. The van der Waals surface area contributed by atoms with E-state index in [9.17, 15) is 27.6 Å². The number of benzene rings is 2. The Morgan fingerprint density at radius 1 is 1.09 bits per heavy atom. The van der Waals surface area contributed by atoms with Gasteiger partial charge in [-0.3, -0.25) is 9.59 Å². The maximum Gasteiger partial charge on any atom is 0.471 e. The van der Waals surface area contributed by atoms with Gasteiger partial charge < -0.3 is 25.2 Å². The minimum Gasteiger partial charge on any atom is -0.445 e. The third-order valence-electron chi connectivity index (χ3n) is 6.32. The van der Waals surface area contributed by atoms with Crippen LogP contribution in [0.25, 0.3) is 0 Å². The molecular weight excluding hydrogens is 465 g/mol. The number of amides is 3. The van der Waals surface area contributed by atoms with E-state index in [-0.39, 0.29) is 38.6 Å². The molecule has 0 bridgehead atoms. The number of nitrogens with zero attached hydrogens (tertiary/aromatic N) is 2. The van der Waals surface area contributed by atoms with Crippen LogP contribution in [0.5, 0.6) is 0 Å². The van der Waals surface area contributed by atoms with Crippen molar-refractivity contribution in [3.05, 3.63) is 66.2 Å². The van der Waals surface area contributed by atoms with Crippen LogP contribution < -0.4 is 15.5 Å². The molecule has 4 rings (SSSR count). The zero-order chi connectivity index (χ0) is 25.1. The minimum absolute atomic E-state index is 0.00614. The van der Waals surface area contributed by atoms with Gasteiger partial charge in [-0.15, -0.1) is 0 Å². The van der Waals surface area contributed by atoms with Crippen LogP contribution in [-0.2, 0) is 20.9 Å². The second kappa shape index (κ2) is 9.85. The van der Waals surface area contributed by atoms with E-state index in [0.717, 1.165) is 5.56 Å². The average Bonchev–Trinajstić information content (AvgIpc) is 3.18. The van der Waals surface area contributed by atoms with E-state index in [1.54, 1.807) is 41.3 Å². The predicted octanol–water partition coefficient (Wildman–Crippen LogP) is 2.66. The summed E-state index contributed by atoms with van der Waals surface area (Å²) in [6.45, 7) is -0.156. The van der Waals surface area contributed by atoms with Crippen molar-refractivity contribution in [2.24, 2.45) is 5.92 Å². The number of halogens is 3. The number of hydrogen-bond donors (Lipinski definition) is 2. The molecule has 2 aromatic rings. The first-order chi connectivity index (χ1) is 16.7. The zero-order valence-electron chi connectivity index (χ0n) is 18.8. The molecule has 2 aromatic carbocycles. The molecule has 0 saturated carbocycles. The van der Waals surface area contributed by atoms with Crippen molar-refractivity contribution in [3.63, 3.8) is 0 Å². The Morgan fingerprint density at radius 2 is 1.74 bits per heavy atom. The molecular formula is C24H25F3N4O4. The van der Waals surface area contributed by atoms with Gasteiger partial charge >= 0.3 is 18.2 Å². The number of ether oxygens (including phenoxy) is 1. The third kappa shape index (κ3) is 5.33. The highest BCUT2D eigenvalue weighted by atomic mass is 19.4. The first-order valence-corrected chi connectivity index (χ1v) is 11.1. The standard InChI is InChI=1S/C24H25F3N4O4/c25-24(26,27)21(33)28-13-18-14-30(22(34)35-16-17-7-3-1-4-8-17)12-11-23(18)29-20(32)15-31(23)19-9-5-2-6-10-19/h1-10,18H,11-16H2,(H,28,33)(H,29,32). The summed E-state index contributed by atoms with van der Waals surface area (Å²) < 4.78 is 44.0. The van der Waals surface area contributed by atoms with E-state index >= 15 is 0 Å². The lowest BCUT2D eigenvalue weighted by Gasteiger charge is -2.50. The van der Waals surface area contributed by atoms with Gasteiger partial charge in [0.2, 0.25) is 5.91 Å².